The Morgan fingerprint density at radius 1 is 1.18 bits per heavy atom. The van der Waals surface area contributed by atoms with E-state index in [9.17, 15) is 22.0 Å². The summed E-state index contributed by atoms with van der Waals surface area (Å²) in [5, 5.41) is 2.78. The van der Waals surface area contributed by atoms with E-state index in [1.165, 1.54) is 10.6 Å². The number of nitrogens with zero attached hydrogens (tertiary/aromatic N) is 5. The number of alkyl halides is 2. The quantitative estimate of drug-likeness (QED) is 0.421. The summed E-state index contributed by atoms with van der Waals surface area (Å²) in [6.07, 6.45) is 3.25. The molecule has 0 aliphatic carbocycles. The molecular formula is C25H30F2N6O5S. The molecule has 2 aliphatic rings. The zero-order valence-corrected chi connectivity index (χ0v) is 22.5. The van der Waals surface area contributed by atoms with E-state index in [2.05, 4.69) is 20.2 Å². The number of sulfonamides is 1. The molecule has 4 heterocycles. The molecule has 0 radical (unpaired) electrons. The maximum Gasteiger partial charge on any atom is 0.320 e. The number of aromatic nitrogens is 3. The number of carbonyl (C=O) groups excluding carboxylic acids is 1. The fraction of sp³-hybridized carbons (Fsp3) is 0.480. The topological polar surface area (TPSA) is 119 Å². The average molecular weight is 565 g/mol. The third-order valence-corrected chi connectivity index (χ3v) is 8.38. The van der Waals surface area contributed by atoms with Gasteiger partial charge >= 0.3 is 6.55 Å². The molecule has 5 rings (SSSR count). The van der Waals surface area contributed by atoms with Crippen molar-refractivity contribution < 1.29 is 31.5 Å². The maximum absolute atomic E-state index is 13.7. The van der Waals surface area contributed by atoms with Crippen LogP contribution < -0.4 is 19.7 Å². The van der Waals surface area contributed by atoms with Crippen molar-refractivity contribution in [3.05, 3.63) is 30.6 Å². The summed E-state index contributed by atoms with van der Waals surface area (Å²) in [5.41, 5.74) is 2.37. The highest BCUT2D eigenvalue weighted by Gasteiger charge is 2.26. The maximum atomic E-state index is 13.7. The first kappa shape index (κ1) is 27.1. The number of pyridine rings is 1. The highest BCUT2D eigenvalue weighted by Crippen LogP contribution is 2.36. The summed E-state index contributed by atoms with van der Waals surface area (Å²) in [6.45, 7) is -0.266. The number of carbonyl (C=O) groups is 1. The van der Waals surface area contributed by atoms with Crippen LogP contribution in [0.1, 0.15) is 19.4 Å². The van der Waals surface area contributed by atoms with Gasteiger partial charge in [0, 0.05) is 44.7 Å². The van der Waals surface area contributed by atoms with Crippen LogP contribution >= 0.6 is 0 Å². The van der Waals surface area contributed by atoms with Crippen LogP contribution in [0.2, 0.25) is 0 Å². The largest absolute Gasteiger partial charge is 0.495 e. The van der Waals surface area contributed by atoms with Gasteiger partial charge in [-0.3, -0.25) is 9.36 Å². The second-order valence-corrected chi connectivity index (χ2v) is 11.6. The van der Waals surface area contributed by atoms with Crippen LogP contribution in [0.25, 0.3) is 22.3 Å². The molecule has 1 amide bonds. The number of hydrogen-bond acceptors (Lipinski definition) is 8. The number of methoxy groups -OCH3 is 1. The number of anilines is 1. The summed E-state index contributed by atoms with van der Waals surface area (Å²) < 4.78 is 64.8. The molecule has 1 N–H and O–H groups in total. The predicted octanol–water partition coefficient (Wildman–Crippen LogP) is 2.49. The molecule has 2 aromatic heterocycles. The molecule has 1 aromatic carbocycles. The Kier molecular flexibility index (Phi) is 7.58. The molecule has 2 fully saturated rings. The molecule has 0 bridgehead atoms. The van der Waals surface area contributed by atoms with Gasteiger partial charge in [0.15, 0.2) is 0 Å². The van der Waals surface area contributed by atoms with Crippen molar-refractivity contribution in [3.63, 3.8) is 0 Å². The Morgan fingerprint density at radius 2 is 1.95 bits per heavy atom. The molecule has 0 spiro atoms. The normalized spacial score (nSPS) is 18.6. The Balaban J connectivity index is 1.42. The molecule has 210 valence electrons. The summed E-state index contributed by atoms with van der Waals surface area (Å²) >= 11 is 0. The van der Waals surface area contributed by atoms with Gasteiger partial charge < -0.3 is 19.7 Å². The van der Waals surface area contributed by atoms with E-state index < -0.39 is 16.6 Å². The first-order valence-electron chi connectivity index (χ1n) is 12.6. The lowest BCUT2D eigenvalue weighted by atomic mass is 10.1. The zero-order chi connectivity index (χ0) is 27.7. The second kappa shape index (κ2) is 10.9. The van der Waals surface area contributed by atoms with Crippen molar-refractivity contribution in [2.24, 2.45) is 5.92 Å². The van der Waals surface area contributed by atoms with Gasteiger partial charge in [-0.15, -0.1) is 0 Å². The van der Waals surface area contributed by atoms with E-state index in [4.69, 9.17) is 9.47 Å². The zero-order valence-electron chi connectivity index (χ0n) is 21.6. The van der Waals surface area contributed by atoms with Crippen LogP contribution in [0.5, 0.6) is 11.6 Å². The number of benzene rings is 1. The van der Waals surface area contributed by atoms with E-state index in [1.54, 1.807) is 19.2 Å². The molecule has 3 aromatic rings. The monoisotopic (exact) mass is 564 g/mol. The van der Waals surface area contributed by atoms with Crippen LogP contribution in [-0.4, -0.2) is 85.9 Å². The lowest BCUT2D eigenvalue weighted by Gasteiger charge is -2.35. The number of fused-ring (bicyclic) bond motifs is 1. The Bertz CT molecular complexity index is 1470. The Hall–Kier alpha value is -3.52. The third kappa shape index (κ3) is 5.76. The van der Waals surface area contributed by atoms with E-state index in [1.807, 2.05) is 12.1 Å². The number of rotatable bonds is 9. The summed E-state index contributed by atoms with van der Waals surface area (Å²) in [7, 11) is -1.70. The molecular weight excluding hydrogens is 534 g/mol. The van der Waals surface area contributed by atoms with Crippen molar-refractivity contribution >= 4 is 32.7 Å². The summed E-state index contributed by atoms with van der Waals surface area (Å²) in [6, 6.07) is 7.15. The Labute approximate surface area is 224 Å². The molecule has 11 nitrogen and oxygen atoms in total. The molecule has 1 atom stereocenters. The fourth-order valence-corrected chi connectivity index (χ4v) is 5.80. The minimum Gasteiger partial charge on any atom is -0.495 e. The van der Waals surface area contributed by atoms with Crippen LogP contribution in [0, 0.1) is 5.92 Å². The van der Waals surface area contributed by atoms with Gasteiger partial charge in [0.1, 0.15) is 17.6 Å². The smallest absolute Gasteiger partial charge is 0.320 e. The van der Waals surface area contributed by atoms with Crippen molar-refractivity contribution in [2.75, 3.05) is 57.6 Å². The number of amides is 1. The van der Waals surface area contributed by atoms with Gasteiger partial charge in [-0.05, 0) is 30.5 Å². The number of halogens is 2. The predicted molar refractivity (Wildman–Crippen MR) is 141 cm³/mol. The first-order valence-corrected chi connectivity index (χ1v) is 14.4. The molecule has 39 heavy (non-hydrogen) atoms. The molecule has 2 saturated heterocycles. The summed E-state index contributed by atoms with van der Waals surface area (Å²) in [5.74, 6) is 0.721. The van der Waals surface area contributed by atoms with E-state index >= 15 is 0 Å². The molecule has 2 aliphatic heterocycles. The first-order chi connectivity index (χ1) is 18.6. The van der Waals surface area contributed by atoms with Gasteiger partial charge in [0.25, 0.3) is 0 Å². The van der Waals surface area contributed by atoms with Crippen molar-refractivity contribution in [1.29, 1.82) is 0 Å². The SMILES string of the molecule is COc1cc(-c2cc3ncn(C(F)F)c3c(OCC[C@H]3CNC(=O)C3)n2)ccc1N1CCN(S(C)(=O)=O)CC1. The van der Waals surface area contributed by atoms with Gasteiger partial charge in [-0.25, -0.2) is 18.4 Å². The highest BCUT2D eigenvalue weighted by molar-refractivity contribution is 7.88. The van der Waals surface area contributed by atoms with Crippen LogP contribution in [0.4, 0.5) is 14.5 Å². The highest BCUT2D eigenvalue weighted by atomic mass is 32.2. The van der Waals surface area contributed by atoms with Gasteiger partial charge in [0.05, 0.1) is 36.9 Å². The van der Waals surface area contributed by atoms with Crippen molar-refractivity contribution in [1.82, 2.24) is 24.2 Å². The molecule has 0 unspecified atom stereocenters. The van der Waals surface area contributed by atoms with E-state index in [0.717, 1.165) is 16.6 Å². The number of nitrogens with one attached hydrogen (secondary N) is 1. The van der Waals surface area contributed by atoms with Crippen LogP contribution in [0.3, 0.4) is 0 Å². The van der Waals surface area contributed by atoms with Crippen molar-refractivity contribution in [2.45, 2.75) is 19.4 Å². The van der Waals surface area contributed by atoms with Gasteiger partial charge in [-0.2, -0.15) is 13.1 Å². The Morgan fingerprint density at radius 3 is 2.59 bits per heavy atom. The number of ether oxygens (including phenoxy) is 2. The lowest BCUT2D eigenvalue weighted by Crippen LogP contribution is -2.48. The minimum absolute atomic E-state index is 0.00652. The fourth-order valence-electron chi connectivity index (χ4n) is 4.97. The lowest BCUT2D eigenvalue weighted by molar-refractivity contribution is -0.119. The summed E-state index contributed by atoms with van der Waals surface area (Å²) in [4.78, 5) is 22.3. The standard InChI is InChI=1S/C25H30F2N6O5S/c1-37-21-12-17(3-4-20(21)31-6-8-32(9-7-31)39(2,35)36)18-13-19-23(33(15-29-19)25(26)27)24(30-18)38-10-5-16-11-22(34)28-14-16/h3-4,12-13,15-16,25H,5-11,14H2,1-2H3,(H,28,34)/t16-/m1/s1. The average Bonchev–Trinajstić information content (AvgIpc) is 3.54. The van der Waals surface area contributed by atoms with Gasteiger partial charge in [0.2, 0.25) is 21.8 Å². The minimum atomic E-state index is -3.25. The van der Waals surface area contributed by atoms with Crippen LogP contribution in [-0.2, 0) is 14.8 Å². The van der Waals surface area contributed by atoms with Crippen LogP contribution in [0.15, 0.2) is 30.6 Å². The van der Waals surface area contributed by atoms with E-state index in [-0.39, 0.29) is 29.8 Å². The molecule has 0 saturated carbocycles. The number of piperazine rings is 1. The second-order valence-electron chi connectivity index (χ2n) is 9.66. The van der Waals surface area contributed by atoms with E-state index in [0.29, 0.717) is 68.1 Å². The third-order valence-electron chi connectivity index (χ3n) is 7.08. The number of hydrogen-bond donors (Lipinski definition) is 1. The number of imidazole rings is 1. The van der Waals surface area contributed by atoms with Crippen molar-refractivity contribution in [3.8, 4) is 22.9 Å². The van der Waals surface area contributed by atoms with Gasteiger partial charge in [-0.1, -0.05) is 6.07 Å². The molecule has 14 heteroatoms.